The van der Waals surface area contributed by atoms with Crippen LogP contribution in [0.4, 0.5) is 5.82 Å². The molecule has 0 aliphatic heterocycles. The maximum absolute atomic E-state index is 12.1. The molecule has 0 radical (unpaired) electrons. The first kappa shape index (κ1) is 16.6. The largest absolute Gasteiger partial charge is 0.395 e. The van der Waals surface area contributed by atoms with Crippen LogP contribution < -0.4 is 5.32 Å². The Morgan fingerprint density at radius 3 is 2.57 bits per heavy atom. The summed E-state index contributed by atoms with van der Waals surface area (Å²) in [7, 11) is 0. The van der Waals surface area contributed by atoms with Gasteiger partial charge in [0.15, 0.2) is 0 Å². The Kier molecular flexibility index (Phi) is 6.87. The summed E-state index contributed by atoms with van der Waals surface area (Å²) in [5, 5.41) is 29.6. The Balaban J connectivity index is 2.80. The maximum atomic E-state index is 12.1. The van der Waals surface area contributed by atoms with Crippen LogP contribution in [0.25, 0.3) is 0 Å². The van der Waals surface area contributed by atoms with Crippen molar-refractivity contribution in [3.8, 4) is 6.07 Å². The minimum atomic E-state index is -0.555. The van der Waals surface area contributed by atoms with Crippen molar-refractivity contribution in [3.05, 3.63) is 35.7 Å². The van der Waals surface area contributed by atoms with Crippen LogP contribution in [0.15, 0.2) is 30.1 Å². The Morgan fingerprint density at radius 2 is 2.10 bits per heavy atom. The SMILES string of the molecule is Cc1ccc(N/C=C(/C#N)C(=O)N(CCO)CCO)nc1. The molecule has 0 atom stereocenters. The second-order valence-corrected chi connectivity index (χ2v) is 4.27. The fraction of sp³-hybridized carbons (Fsp3) is 0.357. The molecule has 7 heteroatoms. The molecule has 112 valence electrons. The van der Waals surface area contributed by atoms with E-state index >= 15 is 0 Å². The van der Waals surface area contributed by atoms with Gasteiger partial charge in [0.25, 0.3) is 5.91 Å². The van der Waals surface area contributed by atoms with E-state index in [4.69, 9.17) is 15.5 Å². The molecule has 0 fully saturated rings. The summed E-state index contributed by atoms with van der Waals surface area (Å²) < 4.78 is 0. The van der Waals surface area contributed by atoms with E-state index in [-0.39, 0.29) is 31.9 Å². The Bertz CT molecular complexity index is 528. The molecule has 0 aliphatic carbocycles. The van der Waals surface area contributed by atoms with Crippen molar-refractivity contribution in [2.45, 2.75) is 6.92 Å². The summed E-state index contributed by atoms with van der Waals surface area (Å²) in [5.74, 6) is -0.0442. The van der Waals surface area contributed by atoms with E-state index in [0.717, 1.165) is 5.56 Å². The molecule has 21 heavy (non-hydrogen) atoms. The standard InChI is InChI=1S/C14H18N4O3/c1-11-2-3-13(16-9-11)17-10-12(8-15)14(21)18(4-6-19)5-7-20/h2-3,9-10,19-20H,4-7H2,1H3,(H,16,17)/b12-10-. The van der Waals surface area contributed by atoms with Crippen LogP contribution in [0.2, 0.25) is 0 Å². The van der Waals surface area contributed by atoms with Gasteiger partial charge in [-0.15, -0.1) is 0 Å². The molecule has 0 saturated heterocycles. The molecule has 0 aliphatic rings. The fourth-order valence-electron chi connectivity index (χ4n) is 1.57. The number of aliphatic hydroxyl groups excluding tert-OH is 2. The van der Waals surface area contributed by atoms with Gasteiger partial charge in [0.2, 0.25) is 0 Å². The highest BCUT2D eigenvalue weighted by molar-refractivity contribution is 5.97. The highest BCUT2D eigenvalue weighted by Crippen LogP contribution is 2.06. The first-order valence-electron chi connectivity index (χ1n) is 6.42. The molecule has 1 rings (SSSR count). The summed E-state index contributed by atoms with van der Waals surface area (Å²) in [4.78, 5) is 17.4. The molecule has 7 nitrogen and oxygen atoms in total. The van der Waals surface area contributed by atoms with Gasteiger partial charge in [-0.05, 0) is 18.6 Å². The van der Waals surface area contributed by atoms with Gasteiger partial charge < -0.3 is 20.4 Å². The molecule has 1 aromatic rings. The van der Waals surface area contributed by atoms with E-state index in [1.165, 1.54) is 11.1 Å². The van der Waals surface area contributed by atoms with E-state index in [1.54, 1.807) is 18.3 Å². The number of pyridine rings is 1. The molecule has 0 spiro atoms. The number of anilines is 1. The van der Waals surface area contributed by atoms with Crippen molar-refractivity contribution >= 4 is 11.7 Å². The van der Waals surface area contributed by atoms with E-state index in [1.807, 2.05) is 13.0 Å². The quantitative estimate of drug-likeness (QED) is 0.482. The summed E-state index contributed by atoms with van der Waals surface area (Å²) in [6, 6.07) is 5.37. The topological polar surface area (TPSA) is 109 Å². The summed E-state index contributed by atoms with van der Waals surface area (Å²) in [5.41, 5.74) is 0.873. The van der Waals surface area contributed by atoms with Crippen LogP contribution in [0.1, 0.15) is 5.56 Å². The third kappa shape index (κ3) is 5.22. The third-order valence-corrected chi connectivity index (χ3v) is 2.65. The Hall–Kier alpha value is -2.43. The first-order chi connectivity index (χ1) is 10.1. The minimum absolute atomic E-state index is 0.0567. The number of hydrogen-bond acceptors (Lipinski definition) is 6. The zero-order chi connectivity index (χ0) is 15.7. The average Bonchev–Trinajstić information content (AvgIpc) is 2.49. The molecule has 0 saturated carbocycles. The smallest absolute Gasteiger partial charge is 0.266 e. The summed E-state index contributed by atoms with van der Waals surface area (Å²) in [6.07, 6.45) is 2.93. The normalized spacial score (nSPS) is 10.9. The highest BCUT2D eigenvalue weighted by Gasteiger charge is 2.17. The third-order valence-electron chi connectivity index (χ3n) is 2.65. The monoisotopic (exact) mass is 290 g/mol. The maximum Gasteiger partial charge on any atom is 0.266 e. The molecule has 0 aromatic carbocycles. The number of nitrogens with one attached hydrogen (secondary N) is 1. The van der Waals surface area contributed by atoms with Crippen molar-refractivity contribution < 1.29 is 15.0 Å². The molecule has 1 amide bonds. The highest BCUT2D eigenvalue weighted by atomic mass is 16.3. The number of carbonyl (C=O) groups excluding carboxylic acids is 1. The lowest BCUT2D eigenvalue weighted by molar-refractivity contribution is -0.127. The number of rotatable bonds is 7. The molecule has 0 bridgehead atoms. The van der Waals surface area contributed by atoms with Crippen molar-refractivity contribution in [1.82, 2.24) is 9.88 Å². The molecular weight excluding hydrogens is 272 g/mol. The van der Waals surface area contributed by atoms with Crippen LogP contribution in [0.5, 0.6) is 0 Å². The lowest BCUT2D eigenvalue weighted by Crippen LogP contribution is -2.36. The first-order valence-corrected chi connectivity index (χ1v) is 6.42. The number of aryl methyl sites for hydroxylation is 1. The Morgan fingerprint density at radius 1 is 1.43 bits per heavy atom. The van der Waals surface area contributed by atoms with Gasteiger partial charge in [0.05, 0.1) is 13.2 Å². The fourth-order valence-corrected chi connectivity index (χ4v) is 1.57. The summed E-state index contributed by atoms with van der Waals surface area (Å²) >= 11 is 0. The van der Waals surface area contributed by atoms with Gasteiger partial charge in [-0.3, -0.25) is 4.79 Å². The Labute approximate surface area is 123 Å². The van der Waals surface area contributed by atoms with Gasteiger partial charge in [0, 0.05) is 25.5 Å². The predicted molar refractivity (Wildman–Crippen MR) is 77.0 cm³/mol. The van der Waals surface area contributed by atoms with Gasteiger partial charge in [-0.1, -0.05) is 6.07 Å². The van der Waals surface area contributed by atoms with Gasteiger partial charge in [-0.2, -0.15) is 5.26 Å². The number of aromatic nitrogens is 1. The van der Waals surface area contributed by atoms with Gasteiger partial charge in [-0.25, -0.2) is 4.98 Å². The zero-order valence-corrected chi connectivity index (χ0v) is 11.8. The van der Waals surface area contributed by atoms with Crippen LogP contribution in [0.3, 0.4) is 0 Å². The molecule has 3 N–H and O–H groups in total. The van der Waals surface area contributed by atoms with Crippen LogP contribution >= 0.6 is 0 Å². The van der Waals surface area contributed by atoms with Crippen LogP contribution in [-0.4, -0.2) is 52.3 Å². The number of amides is 1. The molecular formula is C14H18N4O3. The van der Waals surface area contributed by atoms with E-state index in [9.17, 15) is 4.79 Å². The minimum Gasteiger partial charge on any atom is -0.395 e. The molecule has 0 unspecified atom stereocenters. The molecule has 1 heterocycles. The van der Waals surface area contributed by atoms with Crippen LogP contribution in [-0.2, 0) is 4.79 Å². The number of nitrogens with zero attached hydrogens (tertiary/aromatic N) is 3. The van der Waals surface area contributed by atoms with Crippen molar-refractivity contribution in [3.63, 3.8) is 0 Å². The average molecular weight is 290 g/mol. The lowest BCUT2D eigenvalue weighted by atomic mass is 10.2. The second-order valence-electron chi connectivity index (χ2n) is 4.27. The van der Waals surface area contributed by atoms with E-state index in [0.29, 0.717) is 5.82 Å². The van der Waals surface area contributed by atoms with E-state index in [2.05, 4.69) is 10.3 Å². The number of nitriles is 1. The second kappa shape index (κ2) is 8.68. The predicted octanol–water partition coefficient (Wildman–Crippen LogP) is 0.0226. The van der Waals surface area contributed by atoms with Crippen molar-refractivity contribution in [2.24, 2.45) is 0 Å². The van der Waals surface area contributed by atoms with Crippen molar-refractivity contribution in [1.29, 1.82) is 5.26 Å². The van der Waals surface area contributed by atoms with Gasteiger partial charge >= 0.3 is 0 Å². The number of hydrogen-bond donors (Lipinski definition) is 3. The number of aliphatic hydroxyl groups is 2. The van der Waals surface area contributed by atoms with Crippen LogP contribution in [0, 0.1) is 18.3 Å². The van der Waals surface area contributed by atoms with Gasteiger partial charge in [0.1, 0.15) is 17.5 Å². The zero-order valence-electron chi connectivity index (χ0n) is 11.8. The summed E-state index contributed by atoms with van der Waals surface area (Å²) in [6.45, 7) is 1.54. The molecule has 1 aromatic heterocycles. The number of carbonyl (C=O) groups is 1. The lowest BCUT2D eigenvalue weighted by Gasteiger charge is -2.19. The van der Waals surface area contributed by atoms with Crippen molar-refractivity contribution in [2.75, 3.05) is 31.6 Å². The van der Waals surface area contributed by atoms with E-state index < -0.39 is 5.91 Å².